The summed E-state index contributed by atoms with van der Waals surface area (Å²) in [5.74, 6) is 0.731. The molecule has 0 bridgehead atoms. The van der Waals surface area contributed by atoms with Gasteiger partial charge in [-0.3, -0.25) is 14.2 Å². The molecule has 0 atom stereocenters. The second-order valence-electron chi connectivity index (χ2n) is 8.89. The number of hydrogen-bond donors (Lipinski definition) is 1. The average molecular weight is 536 g/mol. The summed E-state index contributed by atoms with van der Waals surface area (Å²) in [5, 5.41) is 11.0. The number of rotatable bonds is 7. The third-order valence-electron chi connectivity index (χ3n) is 6.49. The molecular formula is C31H25N3O4S. The van der Waals surface area contributed by atoms with Gasteiger partial charge >= 0.3 is 0 Å². The van der Waals surface area contributed by atoms with E-state index in [-0.39, 0.29) is 17.7 Å². The summed E-state index contributed by atoms with van der Waals surface area (Å²) in [6.07, 6.45) is 1.71. The van der Waals surface area contributed by atoms with Gasteiger partial charge in [0.1, 0.15) is 27.8 Å². The number of H-pyrrole nitrogens is 1. The van der Waals surface area contributed by atoms with E-state index in [0.29, 0.717) is 37.5 Å². The first kappa shape index (κ1) is 25.8. The van der Waals surface area contributed by atoms with Gasteiger partial charge in [0.2, 0.25) is 5.78 Å². The molecule has 0 unspecified atom stereocenters. The van der Waals surface area contributed by atoms with Crippen molar-refractivity contribution in [3.63, 3.8) is 0 Å². The highest BCUT2D eigenvalue weighted by Crippen LogP contribution is 2.26. The quantitative estimate of drug-likeness (QED) is 0.316. The third-order valence-corrected chi connectivity index (χ3v) is 7.62. The van der Waals surface area contributed by atoms with E-state index in [1.807, 2.05) is 61.5 Å². The Labute approximate surface area is 228 Å². The van der Waals surface area contributed by atoms with Gasteiger partial charge in [-0.15, -0.1) is 11.3 Å². The van der Waals surface area contributed by atoms with E-state index in [1.54, 1.807) is 38.5 Å². The van der Waals surface area contributed by atoms with E-state index < -0.39 is 5.78 Å². The molecule has 5 rings (SSSR count). The molecule has 0 radical (unpaired) electrons. The first-order valence-corrected chi connectivity index (χ1v) is 13.0. The topological polar surface area (TPSA) is 97.1 Å². The number of benzene rings is 3. The van der Waals surface area contributed by atoms with Crippen molar-refractivity contribution < 1.29 is 14.3 Å². The van der Waals surface area contributed by atoms with E-state index in [9.17, 15) is 14.9 Å². The molecule has 0 aliphatic carbocycles. The van der Waals surface area contributed by atoms with Crippen LogP contribution < -0.4 is 24.2 Å². The van der Waals surface area contributed by atoms with Crippen molar-refractivity contribution in [3.8, 4) is 17.6 Å². The van der Waals surface area contributed by atoms with Crippen molar-refractivity contribution in [2.45, 2.75) is 13.5 Å². The molecule has 194 valence electrons. The zero-order chi connectivity index (χ0) is 27.5. The van der Waals surface area contributed by atoms with Crippen molar-refractivity contribution in [2.75, 3.05) is 14.2 Å². The summed E-state index contributed by atoms with van der Waals surface area (Å²) in [6, 6.07) is 24.4. The van der Waals surface area contributed by atoms with Gasteiger partial charge < -0.3 is 14.5 Å². The first-order chi connectivity index (χ1) is 18.9. The highest BCUT2D eigenvalue weighted by atomic mass is 32.1. The van der Waals surface area contributed by atoms with Crippen LogP contribution in [0.3, 0.4) is 0 Å². The number of carbonyl (C=O) groups excluding carboxylic acids is 1. The lowest BCUT2D eigenvalue weighted by atomic mass is 10.0. The predicted molar refractivity (Wildman–Crippen MR) is 153 cm³/mol. The third kappa shape index (κ3) is 4.88. The van der Waals surface area contributed by atoms with Gasteiger partial charge in [-0.2, -0.15) is 5.26 Å². The molecule has 0 saturated carbocycles. The molecule has 1 N–H and O–H groups in total. The zero-order valence-electron chi connectivity index (χ0n) is 21.6. The number of aryl methyl sites for hydroxylation is 1. The lowest BCUT2D eigenvalue weighted by Crippen LogP contribution is -2.33. The van der Waals surface area contributed by atoms with Crippen molar-refractivity contribution >= 4 is 39.7 Å². The fourth-order valence-electron chi connectivity index (χ4n) is 4.58. The number of para-hydroxylation sites is 1. The molecule has 0 saturated heterocycles. The molecule has 0 fully saturated rings. The van der Waals surface area contributed by atoms with Gasteiger partial charge in [0, 0.05) is 28.2 Å². The Morgan fingerprint density at radius 2 is 1.79 bits per heavy atom. The van der Waals surface area contributed by atoms with E-state index >= 15 is 0 Å². The highest BCUT2D eigenvalue weighted by molar-refractivity contribution is 7.07. The number of nitriles is 1. The molecular weight excluding hydrogens is 510 g/mol. The Hall–Kier alpha value is -4.87. The van der Waals surface area contributed by atoms with Crippen LogP contribution in [0.2, 0.25) is 0 Å². The fourth-order valence-corrected chi connectivity index (χ4v) is 5.67. The maximum atomic E-state index is 13.9. The predicted octanol–water partition coefficient (Wildman–Crippen LogP) is 4.15. The van der Waals surface area contributed by atoms with Crippen LogP contribution in [0, 0.1) is 18.3 Å². The van der Waals surface area contributed by atoms with Crippen molar-refractivity contribution in [1.82, 2.24) is 9.55 Å². The van der Waals surface area contributed by atoms with Crippen LogP contribution in [0.1, 0.15) is 27.2 Å². The van der Waals surface area contributed by atoms with Gasteiger partial charge in [-0.1, -0.05) is 48.5 Å². The lowest BCUT2D eigenvalue weighted by Gasteiger charge is -2.06. The molecule has 8 heteroatoms. The number of thiazole rings is 1. The molecule has 7 nitrogen and oxygen atoms in total. The number of fused-ring (bicyclic) bond motifs is 1. The van der Waals surface area contributed by atoms with Crippen LogP contribution in [0.4, 0.5) is 0 Å². The summed E-state index contributed by atoms with van der Waals surface area (Å²) in [7, 11) is 3.11. The Morgan fingerprint density at radius 1 is 1.05 bits per heavy atom. The standard InChI is InChI=1S/C31H25N3O4S/c1-19-28(23-11-7-8-12-25(23)33-19)29(35)24(17-32)31-34(18-20-9-5-4-6-10-20)30(36)27(39-31)15-21-13-14-22(37-2)16-26(21)38-3/h4-16,33H,18H2,1-3H3/b27-15-,31-24?. The number of hydrogen-bond acceptors (Lipinski definition) is 6. The number of ketones is 1. The summed E-state index contributed by atoms with van der Waals surface area (Å²) < 4.78 is 13.0. The number of nitrogens with one attached hydrogen (secondary N) is 1. The summed E-state index contributed by atoms with van der Waals surface area (Å²) >= 11 is 1.12. The van der Waals surface area contributed by atoms with E-state index in [2.05, 4.69) is 11.1 Å². The normalized spacial score (nSPS) is 12.3. The van der Waals surface area contributed by atoms with Gasteiger partial charge in [0.15, 0.2) is 0 Å². The first-order valence-electron chi connectivity index (χ1n) is 12.2. The molecule has 0 spiro atoms. The maximum absolute atomic E-state index is 13.9. The zero-order valence-corrected chi connectivity index (χ0v) is 22.5. The Bertz CT molecular complexity index is 1920. The van der Waals surface area contributed by atoms with Gasteiger partial charge in [-0.25, -0.2) is 0 Å². The van der Waals surface area contributed by atoms with Crippen molar-refractivity contribution in [3.05, 3.63) is 115 Å². The second-order valence-corrected chi connectivity index (χ2v) is 9.92. The van der Waals surface area contributed by atoms with Crippen LogP contribution in [0.5, 0.6) is 11.5 Å². The van der Waals surface area contributed by atoms with Crippen LogP contribution in [-0.2, 0) is 6.54 Å². The number of nitrogens with zero attached hydrogens (tertiary/aromatic N) is 2. The summed E-state index contributed by atoms with van der Waals surface area (Å²) in [6.45, 7) is 2.02. The van der Waals surface area contributed by atoms with Crippen LogP contribution in [0.15, 0.2) is 77.6 Å². The number of Topliss-reactive ketones (excluding diaryl/α,β-unsaturated/α-hetero) is 1. The lowest BCUT2D eigenvalue weighted by molar-refractivity contribution is 0.105. The van der Waals surface area contributed by atoms with Gasteiger partial charge in [-0.05, 0) is 36.8 Å². The maximum Gasteiger partial charge on any atom is 0.269 e. The van der Waals surface area contributed by atoms with Crippen molar-refractivity contribution in [1.29, 1.82) is 5.26 Å². The number of carbonyl (C=O) groups is 1. The Balaban J connectivity index is 1.78. The van der Waals surface area contributed by atoms with E-state index in [0.717, 1.165) is 27.8 Å². The fraction of sp³-hybridized carbons (Fsp3) is 0.129. The smallest absolute Gasteiger partial charge is 0.269 e. The second kappa shape index (κ2) is 10.9. The molecule has 0 amide bonds. The molecule has 2 aromatic heterocycles. The van der Waals surface area contributed by atoms with Crippen LogP contribution in [-0.4, -0.2) is 29.6 Å². The molecule has 2 heterocycles. The van der Waals surface area contributed by atoms with Crippen LogP contribution in [0.25, 0.3) is 22.6 Å². The molecule has 5 aromatic rings. The average Bonchev–Trinajstić information content (AvgIpc) is 3.45. The van der Waals surface area contributed by atoms with E-state index in [4.69, 9.17) is 9.47 Å². The number of aromatic amines is 1. The van der Waals surface area contributed by atoms with Gasteiger partial charge in [0.05, 0.1) is 30.9 Å². The van der Waals surface area contributed by atoms with Crippen LogP contribution >= 0.6 is 11.3 Å². The Morgan fingerprint density at radius 3 is 2.51 bits per heavy atom. The molecule has 0 aliphatic heterocycles. The summed E-state index contributed by atoms with van der Waals surface area (Å²) in [5.41, 5.74) is 3.07. The SMILES string of the molecule is COc1ccc(/C=c2\sc(=C(C#N)C(=O)c3c(C)[nH]c4ccccc34)n(Cc3ccccc3)c2=O)c(OC)c1. The molecule has 3 aromatic carbocycles. The highest BCUT2D eigenvalue weighted by Gasteiger charge is 2.23. The minimum atomic E-state index is -0.427. The summed E-state index contributed by atoms with van der Waals surface area (Å²) in [4.78, 5) is 30.9. The number of ether oxygens (including phenoxy) is 2. The number of aromatic nitrogens is 2. The molecule has 0 aliphatic rings. The number of methoxy groups -OCH3 is 2. The van der Waals surface area contributed by atoms with Gasteiger partial charge in [0.25, 0.3) is 5.56 Å². The van der Waals surface area contributed by atoms with Crippen molar-refractivity contribution in [2.24, 2.45) is 0 Å². The van der Waals surface area contributed by atoms with E-state index in [1.165, 1.54) is 4.57 Å². The Kier molecular flexibility index (Phi) is 7.17. The minimum absolute atomic E-state index is 0.0813. The molecule has 39 heavy (non-hydrogen) atoms. The minimum Gasteiger partial charge on any atom is -0.497 e. The monoisotopic (exact) mass is 535 g/mol. The largest absolute Gasteiger partial charge is 0.497 e.